The number of carbonyl (C=O) groups is 2. The minimum Gasteiger partial charge on any atom is -0.493 e. The van der Waals surface area contributed by atoms with Crippen LogP contribution in [0.25, 0.3) is 5.57 Å². The molecule has 0 N–H and O–H groups in total. The molecule has 4 rings (SSSR count). The van der Waals surface area contributed by atoms with E-state index in [1.165, 1.54) is 13.8 Å². The second kappa shape index (κ2) is 7.95. The van der Waals surface area contributed by atoms with Crippen LogP contribution in [0.3, 0.4) is 0 Å². The quantitative estimate of drug-likeness (QED) is 0.503. The lowest BCUT2D eigenvalue weighted by Crippen LogP contribution is -2.44. The number of allylic oxidation sites excluding steroid dienone is 2. The van der Waals surface area contributed by atoms with E-state index in [1.54, 1.807) is 7.11 Å². The summed E-state index contributed by atoms with van der Waals surface area (Å²) >= 11 is 0. The normalized spacial score (nSPS) is 24.8. The highest BCUT2D eigenvalue weighted by Gasteiger charge is 2.53. The predicted molar refractivity (Wildman–Crippen MR) is 114 cm³/mol. The third kappa shape index (κ3) is 3.51. The molecule has 6 nitrogen and oxygen atoms in total. The second-order valence-corrected chi connectivity index (χ2v) is 7.79. The standard InChI is InChI=1S/C22H25NO5.BrH/c1-13(24)27-16-7-8-22-9-10-23(3)19(22)11-15-5-6-18(26-4)21(28-14(2)25)20(15)17(22)12-16;/h5-7,12,19H,8-11H2,1-4H3;1H. The zero-order valence-electron chi connectivity index (χ0n) is 17.1. The molecule has 0 amide bonds. The lowest BCUT2D eigenvalue weighted by molar-refractivity contribution is -0.136. The van der Waals surface area contributed by atoms with E-state index in [0.29, 0.717) is 23.3 Å². The Morgan fingerprint density at radius 2 is 1.90 bits per heavy atom. The van der Waals surface area contributed by atoms with Gasteiger partial charge in [0.25, 0.3) is 0 Å². The van der Waals surface area contributed by atoms with Crippen LogP contribution in [0.1, 0.15) is 37.8 Å². The van der Waals surface area contributed by atoms with Crippen LogP contribution < -0.4 is 9.47 Å². The van der Waals surface area contributed by atoms with Crippen molar-refractivity contribution in [1.82, 2.24) is 4.90 Å². The number of methoxy groups -OCH3 is 1. The van der Waals surface area contributed by atoms with Gasteiger partial charge in [-0.05, 0) is 62.2 Å². The van der Waals surface area contributed by atoms with Crippen molar-refractivity contribution >= 4 is 34.5 Å². The number of benzene rings is 1. The van der Waals surface area contributed by atoms with Crippen LogP contribution in [0.2, 0.25) is 0 Å². The van der Waals surface area contributed by atoms with Crippen LogP contribution in [0, 0.1) is 5.41 Å². The van der Waals surface area contributed by atoms with Crippen molar-refractivity contribution in [2.45, 2.75) is 39.2 Å². The highest BCUT2D eigenvalue weighted by molar-refractivity contribution is 8.93. The molecular weight excluding hydrogens is 438 g/mol. The van der Waals surface area contributed by atoms with Crippen LogP contribution >= 0.6 is 17.0 Å². The molecule has 156 valence electrons. The third-order valence-corrected chi connectivity index (χ3v) is 6.19. The Morgan fingerprint density at radius 1 is 1.17 bits per heavy atom. The van der Waals surface area contributed by atoms with Gasteiger partial charge >= 0.3 is 11.9 Å². The summed E-state index contributed by atoms with van der Waals surface area (Å²) in [5.41, 5.74) is 2.99. The van der Waals surface area contributed by atoms with Crippen LogP contribution in [-0.4, -0.2) is 43.6 Å². The van der Waals surface area contributed by atoms with Gasteiger partial charge in [-0.15, -0.1) is 17.0 Å². The van der Waals surface area contributed by atoms with Gasteiger partial charge in [0, 0.05) is 30.9 Å². The van der Waals surface area contributed by atoms with Crippen molar-refractivity contribution in [2.24, 2.45) is 5.41 Å². The van der Waals surface area contributed by atoms with Crippen LogP contribution in [0.15, 0.2) is 30.0 Å². The summed E-state index contributed by atoms with van der Waals surface area (Å²) in [4.78, 5) is 25.7. The molecule has 1 aliphatic heterocycles. The van der Waals surface area contributed by atoms with Gasteiger partial charge in [0.1, 0.15) is 5.76 Å². The Kier molecular flexibility index (Phi) is 5.92. The van der Waals surface area contributed by atoms with E-state index < -0.39 is 5.97 Å². The van der Waals surface area contributed by atoms with Gasteiger partial charge in [-0.1, -0.05) is 6.07 Å². The number of fused-ring (bicyclic) bond motifs is 2. The molecule has 0 bridgehead atoms. The van der Waals surface area contributed by atoms with Crippen molar-refractivity contribution in [3.05, 3.63) is 41.2 Å². The van der Waals surface area contributed by atoms with Gasteiger partial charge in [-0.25, -0.2) is 0 Å². The molecule has 2 aliphatic carbocycles. The zero-order chi connectivity index (χ0) is 20.1. The lowest BCUT2D eigenvalue weighted by Gasteiger charge is -2.45. The van der Waals surface area contributed by atoms with Gasteiger partial charge in [0.2, 0.25) is 0 Å². The summed E-state index contributed by atoms with van der Waals surface area (Å²) < 4.78 is 16.5. The maximum Gasteiger partial charge on any atom is 0.308 e. The maximum absolute atomic E-state index is 11.8. The molecule has 1 heterocycles. The second-order valence-electron chi connectivity index (χ2n) is 7.79. The maximum atomic E-state index is 11.8. The fraction of sp³-hybridized carbons (Fsp3) is 0.455. The fourth-order valence-corrected chi connectivity index (χ4v) is 5.00. The largest absolute Gasteiger partial charge is 0.493 e. The van der Waals surface area contributed by atoms with E-state index in [1.807, 2.05) is 24.3 Å². The van der Waals surface area contributed by atoms with Crippen molar-refractivity contribution in [1.29, 1.82) is 0 Å². The molecule has 0 radical (unpaired) electrons. The lowest BCUT2D eigenvalue weighted by atomic mass is 9.61. The summed E-state index contributed by atoms with van der Waals surface area (Å²) in [5, 5.41) is 0. The van der Waals surface area contributed by atoms with E-state index in [-0.39, 0.29) is 28.4 Å². The van der Waals surface area contributed by atoms with E-state index >= 15 is 0 Å². The average molecular weight is 464 g/mol. The smallest absolute Gasteiger partial charge is 0.308 e. The van der Waals surface area contributed by atoms with E-state index in [9.17, 15) is 9.59 Å². The molecule has 7 heteroatoms. The highest BCUT2D eigenvalue weighted by Crippen LogP contribution is 2.59. The van der Waals surface area contributed by atoms with Crippen molar-refractivity contribution in [2.75, 3.05) is 20.7 Å². The molecule has 1 aromatic rings. The Morgan fingerprint density at radius 3 is 2.55 bits per heavy atom. The number of likely N-dealkylation sites (N-methyl/N-ethyl adjacent to an activating group) is 1. The van der Waals surface area contributed by atoms with E-state index in [4.69, 9.17) is 14.2 Å². The molecule has 0 aromatic heterocycles. The Balaban J connectivity index is 0.00000240. The van der Waals surface area contributed by atoms with Crippen molar-refractivity contribution < 1.29 is 23.8 Å². The molecule has 1 saturated heterocycles. The van der Waals surface area contributed by atoms with Gasteiger partial charge in [-0.3, -0.25) is 9.59 Å². The molecule has 1 spiro atoms. The first-order valence-corrected chi connectivity index (χ1v) is 9.55. The first-order chi connectivity index (χ1) is 13.4. The summed E-state index contributed by atoms with van der Waals surface area (Å²) in [6.45, 7) is 3.79. The number of rotatable bonds is 3. The van der Waals surface area contributed by atoms with Crippen molar-refractivity contribution in [3.8, 4) is 11.5 Å². The summed E-state index contributed by atoms with van der Waals surface area (Å²) in [7, 11) is 3.72. The Labute approximate surface area is 181 Å². The average Bonchev–Trinajstić information content (AvgIpc) is 2.96. The SMILES string of the molecule is Br.COc1ccc2c(c1OC(C)=O)C1=CC(OC(C)=O)=CCC13CCN(C)C3C2. The van der Waals surface area contributed by atoms with E-state index in [0.717, 1.165) is 42.5 Å². The van der Waals surface area contributed by atoms with Gasteiger partial charge in [-0.2, -0.15) is 0 Å². The summed E-state index contributed by atoms with van der Waals surface area (Å²) in [6, 6.07) is 4.24. The summed E-state index contributed by atoms with van der Waals surface area (Å²) in [6.07, 6.45) is 6.61. The first kappa shape index (κ1) is 21.6. The van der Waals surface area contributed by atoms with E-state index in [2.05, 4.69) is 11.9 Å². The molecule has 2 atom stereocenters. The van der Waals surface area contributed by atoms with Gasteiger partial charge < -0.3 is 19.1 Å². The van der Waals surface area contributed by atoms with Crippen LogP contribution in [0.5, 0.6) is 11.5 Å². The molecule has 3 aliphatic rings. The minimum absolute atomic E-state index is 0. The monoisotopic (exact) mass is 463 g/mol. The fourth-order valence-electron chi connectivity index (χ4n) is 5.00. The Bertz CT molecular complexity index is 922. The van der Waals surface area contributed by atoms with Gasteiger partial charge in [0.15, 0.2) is 11.5 Å². The molecule has 29 heavy (non-hydrogen) atoms. The highest BCUT2D eigenvalue weighted by atomic mass is 79.9. The molecule has 1 aromatic carbocycles. The van der Waals surface area contributed by atoms with Crippen LogP contribution in [-0.2, 0) is 20.7 Å². The minimum atomic E-state index is -0.390. The number of nitrogens with zero attached hydrogens (tertiary/aromatic N) is 1. The summed E-state index contributed by atoms with van der Waals surface area (Å²) in [5.74, 6) is 0.791. The number of likely N-dealkylation sites (tertiary alicyclic amines) is 1. The van der Waals surface area contributed by atoms with Crippen molar-refractivity contribution in [3.63, 3.8) is 0 Å². The number of ether oxygens (including phenoxy) is 3. The molecule has 1 fully saturated rings. The van der Waals surface area contributed by atoms with Crippen LogP contribution in [0.4, 0.5) is 0 Å². The number of carbonyl (C=O) groups excluding carboxylic acids is 2. The zero-order valence-corrected chi connectivity index (χ0v) is 18.8. The molecular formula is C22H26BrNO5. The number of esters is 2. The topological polar surface area (TPSA) is 65.1 Å². The number of hydrogen-bond donors (Lipinski definition) is 0. The molecule has 0 saturated carbocycles. The number of hydrogen-bond acceptors (Lipinski definition) is 6. The predicted octanol–water partition coefficient (Wildman–Crippen LogP) is 3.68. The number of halogens is 1. The van der Waals surface area contributed by atoms with Gasteiger partial charge in [0.05, 0.1) is 7.11 Å². The first-order valence-electron chi connectivity index (χ1n) is 9.55. The Hall–Kier alpha value is -2.12. The third-order valence-electron chi connectivity index (χ3n) is 6.19. The molecule has 2 unspecified atom stereocenters.